The Kier molecular flexibility index (Phi) is 12.4. The van der Waals surface area contributed by atoms with E-state index in [-0.39, 0.29) is 21.1 Å². The normalized spacial score (nSPS) is 10.5. The van der Waals surface area contributed by atoms with Crippen LogP contribution in [0.15, 0.2) is 0 Å². The fourth-order valence-electron chi connectivity index (χ4n) is 1.46. The summed E-state index contributed by atoms with van der Waals surface area (Å²) < 4.78 is 0. The van der Waals surface area contributed by atoms with Gasteiger partial charge in [0.2, 0.25) is 0 Å². The second kappa shape index (κ2) is 11.3. The fraction of sp³-hybridized carbons (Fsp3) is 0.818. The van der Waals surface area contributed by atoms with E-state index in [1.54, 1.807) is 0 Å². The molecule has 0 rings (SSSR count). The van der Waals surface area contributed by atoms with Crippen molar-refractivity contribution in [1.29, 1.82) is 0 Å². The van der Waals surface area contributed by atoms with Gasteiger partial charge in [-0.3, -0.25) is 0 Å². The smallest absolute Gasteiger partial charge is 0.338 e. The van der Waals surface area contributed by atoms with E-state index in [1.165, 1.54) is 0 Å². The van der Waals surface area contributed by atoms with E-state index in [0.717, 1.165) is 13.0 Å². The summed E-state index contributed by atoms with van der Waals surface area (Å²) >= 11 is 0. The van der Waals surface area contributed by atoms with Gasteiger partial charge in [-0.1, -0.05) is 6.42 Å². The minimum atomic E-state index is -1.04. The molecule has 0 fully saturated rings. The van der Waals surface area contributed by atoms with Crippen LogP contribution in [0.3, 0.4) is 0 Å². The maximum Gasteiger partial charge on any atom is 0.338 e. The topological polar surface area (TPSA) is 108 Å². The van der Waals surface area contributed by atoms with Crippen LogP contribution in [-0.2, 0) is 40.3 Å². The minimum Gasteiger partial charge on any atom is -0.373 e. The zero-order valence-electron chi connectivity index (χ0n) is 11.5. The van der Waals surface area contributed by atoms with Crippen molar-refractivity contribution in [2.45, 2.75) is 39.2 Å². The van der Waals surface area contributed by atoms with Gasteiger partial charge in [-0.15, -0.1) is 0 Å². The Morgan fingerprint density at radius 2 is 1.58 bits per heavy atom. The standard InChI is InChI=1S/C11H23N3O4.Pt/c1-8(2)14(3)7-5-4-6-9(10(15)17-12)11(16)18-13;/h8-9H,4-7,12-13H2,1-3H3;. The van der Waals surface area contributed by atoms with Gasteiger partial charge in [0.15, 0.2) is 5.92 Å². The zero-order valence-corrected chi connectivity index (χ0v) is 13.8. The fourth-order valence-corrected chi connectivity index (χ4v) is 1.46. The van der Waals surface area contributed by atoms with Crippen molar-refractivity contribution in [1.82, 2.24) is 4.90 Å². The zero-order chi connectivity index (χ0) is 14.1. The van der Waals surface area contributed by atoms with Crippen molar-refractivity contribution in [2.24, 2.45) is 17.7 Å². The first-order valence-electron chi connectivity index (χ1n) is 5.95. The predicted molar refractivity (Wildman–Crippen MR) is 65.7 cm³/mol. The molecule has 0 aliphatic heterocycles. The molecular formula is C11H23N3O4Pt. The van der Waals surface area contributed by atoms with Crippen LogP contribution < -0.4 is 11.8 Å². The second-order valence-electron chi connectivity index (χ2n) is 4.50. The van der Waals surface area contributed by atoms with E-state index >= 15 is 0 Å². The molecule has 19 heavy (non-hydrogen) atoms. The molecule has 0 heterocycles. The first-order chi connectivity index (χ1) is 8.43. The molecule has 0 aromatic carbocycles. The van der Waals surface area contributed by atoms with Crippen LogP contribution in [0.5, 0.6) is 0 Å². The molecule has 0 aliphatic carbocycles. The summed E-state index contributed by atoms with van der Waals surface area (Å²) in [6, 6.07) is 0.462. The summed E-state index contributed by atoms with van der Waals surface area (Å²) in [5.74, 6) is 6.83. The Bertz CT molecular complexity index is 261. The van der Waals surface area contributed by atoms with Gasteiger partial charge in [0.25, 0.3) is 0 Å². The number of rotatable bonds is 8. The van der Waals surface area contributed by atoms with Crippen molar-refractivity contribution in [3.05, 3.63) is 0 Å². The van der Waals surface area contributed by atoms with Crippen LogP contribution in [0.4, 0.5) is 0 Å². The first kappa shape index (κ1) is 20.8. The molecule has 0 aliphatic rings. The molecule has 0 aromatic rings. The Morgan fingerprint density at radius 3 is 1.95 bits per heavy atom. The Labute approximate surface area is 128 Å². The van der Waals surface area contributed by atoms with Gasteiger partial charge in [0.1, 0.15) is 0 Å². The van der Waals surface area contributed by atoms with E-state index in [9.17, 15) is 9.59 Å². The maximum atomic E-state index is 11.2. The molecule has 0 atom stereocenters. The van der Waals surface area contributed by atoms with Crippen molar-refractivity contribution in [2.75, 3.05) is 13.6 Å². The summed E-state index contributed by atoms with van der Waals surface area (Å²) in [6.07, 6.45) is 1.87. The van der Waals surface area contributed by atoms with Gasteiger partial charge in [-0.25, -0.2) is 9.59 Å². The summed E-state index contributed by atoms with van der Waals surface area (Å²) in [7, 11) is 2.02. The predicted octanol–water partition coefficient (Wildman–Crippen LogP) is -0.0556. The number of hydrogen-bond acceptors (Lipinski definition) is 7. The third-order valence-corrected chi connectivity index (χ3v) is 2.94. The van der Waals surface area contributed by atoms with E-state index in [2.05, 4.69) is 28.4 Å². The molecule has 0 spiro atoms. The van der Waals surface area contributed by atoms with Crippen LogP contribution in [0.25, 0.3) is 0 Å². The summed E-state index contributed by atoms with van der Waals surface area (Å²) in [5.41, 5.74) is 0. The number of unbranched alkanes of at least 4 members (excludes halogenated alkanes) is 1. The number of nitrogens with two attached hydrogens (primary N) is 2. The van der Waals surface area contributed by atoms with Crippen LogP contribution >= 0.6 is 0 Å². The monoisotopic (exact) mass is 456 g/mol. The van der Waals surface area contributed by atoms with Crippen molar-refractivity contribution in [3.8, 4) is 0 Å². The van der Waals surface area contributed by atoms with Crippen LogP contribution in [0.2, 0.25) is 0 Å². The molecule has 4 N–H and O–H groups in total. The van der Waals surface area contributed by atoms with E-state index in [4.69, 9.17) is 11.8 Å². The maximum absolute atomic E-state index is 11.2. The Morgan fingerprint density at radius 1 is 1.11 bits per heavy atom. The van der Waals surface area contributed by atoms with E-state index < -0.39 is 17.9 Å². The van der Waals surface area contributed by atoms with Crippen molar-refractivity contribution >= 4 is 11.9 Å². The molecule has 116 valence electrons. The molecular weight excluding hydrogens is 433 g/mol. The Balaban J connectivity index is 0. The van der Waals surface area contributed by atoms with Crippen LogP contribution in [-0.4, -0.2) is 36.5 Å². The quantitative estimate of drug-likeness (QED) is 0.300. The largest absolute Gasteiger partial charge is 0.373 e. The number of hydrogen-bond donors (Lipinski definition) is 2. The van der Waals surface area contributed by atoms with Crippen molar-refractivity contribution in [3.63, 3.8) is 0 Å². The third-order valence-electron chi connectivity index (χ3n) is 2.94. The number of carbonyl (C=O) groups excluding carboxylic acids is 2. The van der Waals surface area contributed by atoms with Gasteiger partial charge in [-0.05, 0) is 40.3 Å². The minimum absolute atomic E-state index is 0. The number of nitrogens with zero attached hydrogens (tertiary/aromatic N) is 1. The van der Waals surface area contributed by atoms with Crippen molar-refractivity contribution < 1.29 is 40.3 Å². The average molecular weight is 456 g/mol. The molecule has 0 amide bonds. The molecule has 8 heteroatoms. The van der Waals surface area contributed by atoms with Gasteiger partial charge in [0.05, 0.1) is 0 Å². The third kappa shape index (κ3) is 8.31. The molecule has 0 radical (unpaired) electrons. The molecule has 0 saturated heterocycles. The Hall–Kier alpha value is -0.492. The van der Waals surface area contributed by atoms with Crippen LogP contribution in [0, 0.1) is 5.92 Å². The van der Waals surface area contributed by atoms with Gasteiger partial charge >= 0.3 is 11.9 Å². The van der Waals surface area contributed by atoms with E-state index in [1.807, 2.05) is 7.05 Å². The average Bonchev–Trinajstić information content (AvgIpc) is 2.36. The van der Waals surface area contributed by atoms with Crippen LogP contribution in [0.1, 0.15) is 33.1 Å². The SMILES string of the molecule is CC(C)N(C)CCCCC(C(=O)ON)C(=O)ON.[Pt]. The second-order valence-corrected chi connectivity index (χ2v) is 4.50. The molecule has 0 bridgehead atoms. The first-order valence-corrected chi connectivity index (χ1v) is 5.95. The van der Waals surface area contributed by atoms with Gasteiger partial charge < -0.3 is 14.6 Å². The van der Waals surface area contributed by atoms with E-state index in [0.29, 0.717) is 18.9 Å². The van der Waals surface area contributed by atoms with Gasteiger partial charge in [-0.2, -0.15) is 11.8 Å². The molecule has 0 saturated carbocycles. The number of carbonyl (C=O) groups is 2. The van der Waals surface area contributed by atoms with Gasteiger partial charge in [0, 0.05) is 27.1 Å². The molecule has 0 aromatic heterocycles. The summed E-state index contributed by atoms with van der Waals surface area (Å²) in [6.45, 7) is 5.08. The summed E-state index contributed by atoms with van der Waals surface area (Å²) in [5, 5.41) is 0. The molecule has 0 unspecified atom stereocenters. The summed E-state index contributed by atoms with van der Waals surface area (Å²) in [4.78, 5) is 32.7. The molecule has 7 nitrogen and oxygen atoms in total.